The Morgan fingerprint density at radius 3 is 2.54 bits per heavy atom. The van der Waals surface area contributed by atoms with Crippen molar-refractivity contribution in [2.75, 3.05) is 13.1 Å². The largest absolute Gasteiger partial charge is 0.508 e. The Labute approximate surface area is 140 Å². The normalized spacial score (nSPS) is 15.1. The third-order valence-electron chi connectivity index (χ3n) is 4.13. The molecule has 3 rings (SSSR count). The molecule has 0 spiro atoms. The van der Waals surface area contributed by atoms with Gasteiger partial charge in [-0.15, -0.1) is 0 Å². The van der Waals surface area contributed by atoms with Crippen molar-refractivity contribution in [2.24, 2.45) is 0 Å². The first-order chi connectivity index (χ1) is 11.6. The van der Waals surface area contributed by atoms with Crippen molar-refractivity contribution in [1.82, 2.24) is 15.2 Å². The summed E-state index contributed by atoms with van der Waals surface area (Å²) >= 11 is 0. The van der Waals surface area contributed by atoms with Gasteiger partial charge in [-0.2, -0.15) is 0 Å². The number of nitrogens with one attached hydrogen (secondary N) is 1. The molecule has 0 bridgehead atoms. The average molecular weight is 325 g/mol. The van der Waals surface area contributed by atoms with E-state index in [9.17, 15) is 14.7 Å². The molecule has 1 saturated heterocycles. The first-order valence-electron chi connectivity index (χ1n) is 7.92. The molecule has 1 aliphatic rings. The molecule has 0 atom stereocenters. The number of benzene rings is 1. The molecule has 0 radical (unpaired) electrons. The van der Waals surface area contributed by atoms with E-state index in [-0.39, 0.29) is 23.6 Å². The maximum Gasteiger partial charge on any atom is 0.255 e. The summed E-state index contributed by atoms with van der Waals surface area (Å²) in [5.41, 5.74) is 1.02. The Morgan fingerprint density at radius 1 is 1.12 bits per heavy atom. The summed E-state index contributed by atoms with van der Waals surface area (Å²) in [5, 5.41) is 12.4. The maximum absolute atomic E-state index is 12.4. The molecular formula is C18H19N3O3. The number of hydrogen-bond acceptors (Lipinski definition) is 4. The number of carbonyl (C=O) groups is 2. The second-order valence-electron chi connectivity index (χ2n) is 5.83. The predicted molar refractivity (Wildman–Crippen MR) is 88.7 cm³/mol. The molecule has 1 fully saturated rings. The van der Waals surface area contributed by atoms with Gasteiger partial charge in [0.25, 0.3) is 11.8 Å². The number of nitrogens with zero attached hydrogens (tertiary/aromatic N) is 2. The standard InChI is InChI=1S/C18H19N3O3/c22-16-5-1-3-13(11-16)17(23)20-15-6-9-21(10-7-15)18(24)14-4-2-8-19-12-14/h1-5,8,11-12,15,22H,6-7,9-10H2,(H,20,23). The summed E-state index contributed by atoms with van der Waals surface area (Å²) in [5.74, 6) is -0.164. The number of carbonyl (C=O) groups excluding carboxylic acids is 2. The van der Waals surface area contributed by atoms with E-state index in [1.165, 1.54) is 12.1 Å². The van der Waals surface area contributed by atoms with Gasteiger partial charge >= 0.3 is 0 Å². The van der Waals surface area contributed by atoms with Crippen LogP contribution < -0.4 is 5.32 Å². The van der Waals surface area contributed by atoms with Crippen LogP contribution in [0.3, 0.4) is 0 Å². The van der Waals surface area contributed by atoms with Crippen molar-refractivity contribution >= 4 is 11.8 Å². The third-order valence-corrected chi connectivity index (χ3v) is 4.13. The number of pyridine rings is 1. The molecule has 1 aliphatic heterocycles. The van der Waals surface area contributed by atoms with Gasteiger partial charge in [-0.3, -0.25) is 14.6 Å². The zero-order valence-corrected chi connectivity index (χ0v) is 13.2. The van der Waals surface area contributed by atoms with Gasteiger partial charge in [-0.1, -0.05) is 6.07 Å². The first-order valence-corrected chi connectivity index (χ1v) is 7.92. The van der Waals surface area contributed by atoms with Crippen LogP contribution >= 0.6 is 0 Å². The molecule has 2 heterocycles. The fraction of sp³-hybridized carbons (Fsp3) is 0.278. The number of aromatic hydroxyl groups is 1. The third kappa shape index (κ3) is 3.71. The van der Waals surface area contributed by atoms with Crippen LogP contribution in [0.25, 0.3) is 0 Å². The molecule has 2 amide bonds. The van der Waals surface area contributed by atoms with Crippen LogP contribution in [0.15, 0.2) is 48.8 Å². The fourth-order valence-electron chi connectivity index (χ4n) is 2.81. The average Bonchev–Trinajstić information content (AvgIpc) is 2.62. The van der Waals surface area contributed by atoms with Crippen LogP contribution in [0.4, 0.5) is 0 Å². The lowest BCUT2D eigenvalue weighted by Crippen LogP contribution is -2.46. The minimum Gasteiger partial charge on any atom is -0.508 e. The zero-order chi connectivity index (χ0) is 16.9. The van der Waals surface area contributed by atoms with Crippen LogP contribution in [0, 0.1) is 0 Å². The van der Waals surface area contributed by atoms with E-state index in [0.29, 0.717) is 37.1 Å². The van der Waals surface area contributed by atoms with Gasteiger partial charge in [0, 0.05) is 37.1 Å². The van der Waals surface area contributed by atoms with Gasteiger partial charge in [0.15, 0.2) is 0 Å². The van der Waals surface area contributed by atoms with Gasteiger partial charge in [0.1, 0.15) is 5.75 Å². The van der Waals surface area contributed by atoms with Crippen molar-refractivity contribution in [2.45, 2.75) is 18.9 Å². The number of rotatable bonds is 3. The highest BCUT2D eigenvalue weighted by atomic mass is 16.3. The minimum atomic E-state index is -0.206. The van der Waals surface area contributed by atoms with Crippen molar-refractivity contribution in [3.8, 4) is 5.75 Å². The van der Waals surface area contributed by atoms with Crippen molar-refractivity contribution in [3.63, 3.8) is 0 Å². The lowest BCUT2D eigenvalue weighted by atomic mass is 10.0. The van der Waals surface area contributed by atoms with E-state index in [1.54, 1.807) is 41.6 Å². The molecule has 1 aromatic heterocycles. The molecule has 6 nitrogen and oxygen atoms in total. The topological polar surface area (TPSA) is 82.5 Å². The van der Waals surface area contributed by atoms with E-state index in [1.807, 2.05) is 0 Å². The Kier molecular flexibility index (Phi) is 4.74. The van der Waals surface area contributed by atoms with E-state index in [2.05, 4.69) is 10.3 Å². The van der Waals surface area contributed by atoms with Crippen LogP contribution in [-0.2, 0) is 0 Å². The van der Waals surface area contributed by atoms with E-state index >= 15 is 0 Å². The smallest absolute Gasteiger partial charge is 0.255 e. The molecule has 2 aromatic rings. The molecule has 0 aliphatic carbocycles. The highest BCUT2D eigenvalue weighted by molar-refractivity contribution is 5.95. The van der Waals surface area contributed by atoms with Crippen molar-refractivity contribution in [1.29, 1.82) is 0 Å². The maximum atomic E-state index is 12.4. The predicted octanol–water partition coefficient (Wildman–Crippen LogP) is 1.82. The van der Waals surface area contributed by atoms with E-state index in [0.717, 1.165) is 0 Å². The number of likely N-dealkylation sites (tertiary alicyclic amines) is 1. The van der Waals surface area contributed by atoms with Crippen LogP contribution in [-0.4, -0.2) is 45.9 Å². The number of hydrogen-bond donors (Lipinski definition) is 2. The molecular weight excluding hydrogens is 306 g/mol. The number of piperidine rings is 1. The number of phenolic OH excluding ortho intramolecular Hbond substituents is 1. The monoisotopic (exact) mass is 325 g/mol. The first kappa shape index (κ1) is 16.0. The summed E-state index contributed by atoms with van der Waals surface area (Å²) in [6.07, 6.45) is 4.62. The lowest BCUT2D eigenvalue weighted by molar-refractivity contribution is 0.0697. The molecule has 2 N–H and O–H groups in total. The fourth-order valence-corrected chi connectivity index (χ4v) is 2.81. The molecule has 6 heteroatoms. The van der Waals surface area contributed by atoms with E-state index < -0.39 is 0 Å². The highest BCUT2D eigenvalue weighted by Gasteiger charge is 2.25. The molecule has 0 unspecified atom stereocenters. The molecule has 1 aromatic carbocycles. The van der Waals surface area contributed by atoms with Crippen LogP contribution in [0.5, 0.6) is 5.75 Å². The molecule has 24 heavy (non-hydrogen) atoms. The Bertz CT molecular complexity index is 725. The quantitative estimate of drug-likeness (QED) is 0.902. The minimum absolute atomic E-state index is 0.0257. The Balaban J connectivity index is 1.54. The second-order valence-corrected chi connectivity index (χ2v) is 5.83. The van der Waals surface area contributed by atoms with Gasteiger partial charge in [0.05, 0.1) is 5.56 Å². The van der Waals surface area contributed by atoms with Crippen molar-refractivity contribution < 1.29 is 14.7 Å². The molecule has 124 valence electrons. The van der Waals surface area contributed by atoms with Gasteiger partial charge in [-0.05, 0) is 43.2 Å². The highest BCUT2D eigenvalue weighted by Crippen LogP contribution is 2.15. The van der Waals surface area contributed by atoms with Gasteiger partial charge < -0.3 is 15.3 Å². The number of amides is 2. The van der Waals surface area contributed by atoms with Crippen molar-refractivity contribution in [3.05, 3.63) is 59.9 Å². The number of aromatic nitrogens is 1. The summed E-state index contributed by atoms with van der Waals surface area (Å²) in [4.78, 5) is 30.3. The summed E-state index contributed by atoms with van der Waals surface area (Å²) < 4.78 is 0. The molecule has 0 saturated carbocycles. The summed E-state index contributed by atoms with van der Waals surface area (Å²) in [7, 11) is 0. The van der Waals surface area contributed by atoms with E-state index in [4.69, 9.17) is 0 Å². The second kappa shape index (κ2) is 7.12. The zero-order valence-electron chi connectivity index (χ0n) is 13.2. The summed E-state index contributed by atoms with van der Waals surface area (Å²) in [6, 6.07) is 9.80. The van der Waals surface area contributed by atoms with Gasteiger partial charge in [-0.25, -0.2) is 0 Å². The van der Waals surface area contributed by atoms with Gasteiger partial charge in [0.2, 0.25) is 0 Å². The number of phenols is 1. The lowest BCUT2D eigenvalue weighted by Gasteiger charge is -2.32. The summed E-state index contributed by atoms with van der Waals surface area (Å²) in [6.45, 7) is 1.19. The van der Waals surface area contributed by atoms with Crippen LogP contribution in [0.2, 0.25) is 0 Å². The Morgan fingerprint density at radius 2 is 1.88 bits per heavy atom. The SMILES string of the molecule is O=C(NC1CCN(C(=O)c2cccnc2)CC1)c1cccc(O)c1. The Hall–Kier alpha value is -2.89. The van der Waals surface area contributed by atoms with Crippen LogP contribution in [0.1, 0.15) is 33.6 Å².